The predicted octanol–water partition coefficient (Wildman–Crippen LogP) is 4.22. The highest BCUT2D eigenvalue weighted by atomic mass is 16.5. The van der Waals surface area contributed by atoms with E-state index in [0.29, 0.717) is 35.9 Å². The molecule has 3 rings (SSSR count). The third kappa shape index (κ3) is 7.08. The Morgan fingerprint density at radius 1 is 1.03 bits per heavy atom. The number of ether oxygens (including phenoxy) is 1. The number of furan rings is 1. The van der Waals surface area contributed by atoms with Crippen LogP contribution in [0.25, 0.3) is 0 Å². The zero-order valence-electron chi connectivity index (χ0n) is 17.3. The van der Waals surface area contributed by atoms with Crippen LogP contribution in [0.1, 0.15) is 23.0 Å². The Hall–Kier alpha value is -4.00. The van der Waals surface area contributed by atoms with E-state index < -0.39 is 0 Å². The summed E-state index contributed by atoms with van der Waals surface area (Å²) in [7, 11) is 0. The number of nitrogens with one attached hydrogen (secondary N) is 3. The Bertz CT molecular complexity index is 1040. The Labute approximate surface area is 181 Å². The van der Waals surface area contributed by atoms with E-state index in [0.717, 1.165) is 11.3 Å². The Morgan fingerprint density at radius 2 is 1.84 bits per heavy atom. The van der Waals surface area contributed by atoms with E-state index in [4.69, 9.17) is 9.15 Å². The number of benzene rings is 2. The molecule has 1 aromatic heterocycles. The first-order valence-corrected chi connectivity index (χ1v) is 9.81. The summed E-state index contributed by atoms with van der Waals surface area (Å²) in [6, 6.07) is 17.7. The van der Waals surface area contributed by atoms with Gasteiger partial charge in [0, 0.05) is 23.0 Å². The maximum absolute atomic E-state index is 12.3. The predicted molar refractivity (Wildman–Crippen MR) is 120 cm³/mol. The van der Waals surface area contributed by atoms with Gasteiger partial charge in [-0.1, -0.05) is 18.7 Å². The molecule has 0 saturated heterocycles. The summed E-state index contributed by atoms with van der Waals surface area (Å²) in [5, 5.41) is 8.63. The van der Waals surface area contributed by atoms with E-state index in [1.165, 1.54) is 0 Å². The van der Waals surface area contributed by atoms with Crippen LogP contribution in [0.3, 0.4) is 0 Å². The largest absolute Gasteiger partial charge is 0.489 e. The van der Waals surface area contributed by atoms with Crippen molar-refractivity contribution in [1.82, 2.24) is 5.32 Å². The minimum absolute atomic E-state index is 0.0683. The number of hydrogen-bond acceptors (Lipinski definition) is 5. The van der Waals surface area contributed by atoms with Crippen LogP contribution in [0, 0.1) is 0 Å². The van der Waals surface area contributed by atoms with E-state index in [1.807, 2.05) is 31.2 Å². The summed E-state index contributed by atoms with van der Waals surface area (Å²) in [4.78, 5) is 24.6. The highest BCUT2D eigenvalue weighted by molar-refractivity contribution is 5.98. The number of rotatable bonds is 10. The minimum Gasteiger partial charge on any atom is -0.489 e. The quantitative estimate of drug-likeness (QED) is 0.428. The van der Waals surface area contributed by atoms with Crippen molar-refractivity contribution in [2.75, 3.05) is 23.8 Å². The van der Waals surface area contributed by atoms with Crippen molar-refractivity contribution in [3.63, 3.8) is 0 Å². The highest BCUT2D eigenvalue weighted by Gasteiger charge is 2.09. The van der Waals surface area contributed by atoms with Gasteiger partial charge in [0.05, 0.1) is 19.4 Å². The van der Waals surface area contributed by atoms with E-state index in [-0.39, 0.29) is 18.4 Å². The van der Waals surface area contributed by atoms with Crippen LogP contribution in [0.15, 0.2) is 83.5 Å². The molecule has 31 heavy (non-hydrogen) atoms. The molecule has 0 spiro atoms. The molecule has 2 amide bonds. The van der Waals surface area contributed by atoms with Crippen LogP contribution in [-0.4, -0.2) is 25.0 Å². The molecule has 3 aromatic rings. The minimum atomic E-state index is -0.253. The summed E-state index contributed by atoms with van der Waals surface area (Å²) >= 11 is 0. The topological polar surface area (TPSA) is 92.6 Å². The van der Waals surface area contributed by atoms with E-state index in [9.17, 15) is 9.59 Å². The molecular weight excluding hydrogens is 394 g/mol. The maximum atomic E-state index is 12.3. The second-order valence-corrected chi connectivity index (χ2v) is 7.02. The van der Waals surface area contributed by atoms with Gasteiger partial charge in [-0.15, -0.1) is 0 Å². The van der Waals surface area contributed by atoms with Gasteiger partial charge in [-0.25, -0.2) is 0 Å². The third-order valence-corrected chi connectivity index (χ3v) is 4.18. The Balaban J connectivity index is 1.50. The summed E-state index contributed by atoms with van der Waals surface area (Å²) in [5.41, 5.74) is 2.67. The van der Waals surface area contributed by atoms with E-state index in [2.05, 4.69) is 22.5 Å². The summed E-state index contributed by atoms with van der Waals surface area (Å²) in [6.07, 6.45) is 1.55. The monoisotopic (exact) mass is 419 g/mol. The van der Waals surface area contributed by atoms with Crippen molar-refractivity contribution in [2.24, 2.45) is 0 Å². The molecule has 1 heterocycles. The number of carbonyl (C=O) groups is 2. The summed E-state index contributed by atoms with van der Waals surface area (Å²) in [6.45, 7) is 6.50. The fraction of sp³-hybridized carbons (Fsp3) is 0.167. The molecule has 0 fully saturated rings. The van der Waals surface area contributed by atoms with Crippen molar-refractivity contribution in [1.29, 1.82) is 0 Å². The lowest BCUT2D eigenvalue weighted by atomic mass is 10.2. The lowest BCUT2D eigenvalue weighted by Gasteiger charge is -2.11. The third-order valence-electron chi connectivity index (χ3n) is 4.18. The molecule has 0 aliphatic carbocycles. The molecule has 0 radical (unpaired) electrons. The van der Waals surface area contributed by atoms with Crippen molar-refractivity contribution in [3.05, 3.63) is 90.4 Å². The van der Waals surface area contributed by atoms with Gasteiger partial charge in [-0.3, -0.25) is 9.59 Å². The number of carbonyl (C=O) groups excluding carboxylic acids is 2. The Morgan fingerprint density at radius 3 is 2.61 bits per heavy atom. The van der Waals surface area contributed by atoms with Gasteiger partial charge in [0.25, 0.3) is 5.91 Å². The van der Waals surface area contributed by atoms with Crippen molar-refractivity contribution >= 4 is 23.2 Å². The molecule has 0 unspecified atom stereocenters. The van der Waals surface area contributed by atoms with E-state index >= 15 is 0 Å². The molecule has 0 bridgehead atoms. The summed E-state index contributed by atoms with van der Waals surface area (Å²) < 4.78 is 10.8. The molecule has 7 heteroatoms. The highest BCUT2D eigenvalue weighted by Crippen LogP contribution is 2.18. The van der Waals surface area contributed by atoms with Crippen LogP contribution in [0.5, 0.6) is 5.75 Å². The van der Waals surface area contributed by atoms with Crippen LogP contribution in [0.4, 0.5) is 11.4 Å². The van der Waals surface area contributed by atoms with Crippen LogP contribution >= 0.6 is 0 Å². The van der Waals surface area contributed by atoms with Gasteiger partial charge < -0.3 is 25.1 Å². The van der Waals surface area contributed by atoms with Gasteiger partial charge in [0.15, 0.2) is 0 Å². The summed E-state index contributed by atoms with van der Waals surface area (Å²) in [5.74, 6) is 0.873. The molecule has 0 saturated carbocycles. The first-order valence-electron chi connectivity index (χ1n) is 9.81. The van der Waals surface area contributed by atoms with Crippen molar-refractivity contribution in [2.45, 2.75) is 13.5 Å². The lowest BCUT2D eigenvalue weighted by Crippen LogP contribution is -2.24. The molecule has 160 valence electrons. The lowest BCUT2D eigenvalue weighted by molar-refractivity contribution is -0.114. The molecule has 0 aliphatic heterocycles. The fourth-order valence-corrected chi connectivity index (χ4v) is 2.71. The van der Waals surface area contributed by atoms with Crippen LogP contribution in [0.2, 0.25) is 0 Å². The zero-order chi connectivity index (χ0) is 22.1. The molecular formula is C24H25N3O4. The SMILES string of the molecule is C=C(C)COc1cccc(NCC(=O)Nc2cccc(C(=O)NCc3ccco3)c2)c1. The van der Waals surface area contributed by atoms with E-state index in [1.54, 1.807) is 42.7 Å². The number of amides is 2. The number of anilines is 2. The van der Waals surface area contributed by atoms with Gasteiger partial charge in [-0.2, -0.15) is 0 Å². The standard InChI is InChI=1S/C24H25N3O4/c1-17(2)16-31-21-9-4-7-19(13-21)25-15-23(28)27-20-8-3-6-18(12-20)24(29)26-14-22-10-5-11-30-22/h3-13,25H,1,14-16H2,2H3,(H,26,29)(H,27,28). The van der Waals surface area contributed by atoms with Gasteiger partial charge >= 0.3 is 0 Å². The van der Waals surface area contributed by atoms with Gasteiger partial charge in [0.1, 0.15) is 18.1 Å². The van der Waals surface area contributed by atoms with Crippen LogP contribution in [-0.2, 0) is 11.3 Å². The first-order chi connectivity index (χ1) is 15.0. The second kappa shape index (κ2) is 10.7. The number of hydrogen-bond donors (Lipinski definition) is 3. The fourth-order valence-electron chi connectivity index (χ4n) is 2.71. The van der Waals surface area contributed by atoms with Crippen LogP contribution < -0.4 is 20.7 Å². The second-order valence-electron chi connectivity index (χ2n) is 7.02. The zero-order valence-corrected chi connectivity index (χ0v) is 17.3. The smallest absolute Gasteiger partial charge is 0.251 e. The molecule has 0 atom stereocenters. The molecule has 2 aromatic carbocycles. The maximum Gasteiger partial charge on any atom is 0.251 e. The van der Waals surface area contributed by atoms with Crippen molar-refractivity contribution < 1.29 is 18.7 Å². The average molecular weight is 419 g/mol. The van der Waals surface area contributed by atoms with Gasteiger partial charge in [0.2, 0.25) is 5.91 Å². The Kier molecular flexibility index (Phi) is 7.48. The molecule has 0 aliphatic rings. The normalized spacial score (nSPS) is 10.2. The van der Waals surface area contributed by atoms with Gasteiger partial charge in [-0.05, 0) is 55.0 Å². The van der Waals surface area contributed by atoms with Crippen molar-refractivity contribution in [3.8, 4) is 5.75 Å². The molecule has 7 nitrogen and oxygen atoms in total. The average Bonchev–Trinajstić information content (AvgIpc) is 3.29. The molecule has 3 N–H and O–H groups in total. The first kappa shape index (κ1) is 21.7.